The third-order valence-electron chi connectivity index (χ3n) is 2.98. The number of aryl methyl sites for hydroxylation is 1. The van der Waals surface area contributed by atoms with Crippen LogP contribution in [0.4, 0.5) is 0 Å². The summed E-state index contributed by atoms with van der Waals surface area (Å²) in [4.78, 5) is 26.1. The summed E-state index contributed by atoms with van der Waals surface area (Å²) in [5, 5.41) is 11.9. The second-order valence-electron chi connectivity index (χ2n) is 4.20. The van der Waals surface area contributed by atoms with Crippen LogP contribution in [0.5, 0.6) is 0 Å². The molecule has 0 aromatic carbocycles. The van der Waals surface area contributed by atoms with Gasteiger partial charge in [-0.05, 0) is 24.7 Å². The fraction of sp³-hybridized carbons (Fsp3) is 0.455. The normalized spacial score (nSPS) is 23.6. The number of thioether (sulfide) groups is 1. The summed E-state index contributed by atoms with van der Waals surface area (Å²) in [7, 11) is 0. The third kappa shape index (κ3) is 2.17. The van der Waals surface area contributed by atoms with E-state index in [4.69, 9.17) is 0 Å². The zero-order chi connectivity index (χ0) is 12.5. The Labute approximate surface area is 103 Å². The summed E-state index contributed by atoms with van der Waals surface area (Å²) in [5.41, 5.74) is 0.210. The number of aliphatic carboxylic acids is 1. The van der Waals surface area contributed by atoms with E-state index < -0.39 is 11.5 Å². The lowest BCUT2D eigenvalue weighted by atomic mass is 9.98. The minimum Gasteiger partial charge on any atom is -0.479 e. The molecule has 0 aliphatic carbocycles. The first-order chi connectivity index (χ1) is 8.05. The molecule has 0 radical (unpaired) electrons. The van der Waals surface area contributed by atoms with Gasteiger partial charge < -0.3 is 15.4 Å². The third-order valence-corrected chi connectivity index (χ3v) is 4.17. The summed E-state index contributed by atoms with van der Waals surface area (Å²) >= 11 is 1.55. The van der Waals surface area contributed by atoms with Gasteiger partial charge in [-0.1, -0.05) is 0 Å². The first kappa shape index (κ1) is 12.0. The second-order valence-corrected chi connectivity index (χ2v) is 5.30. The molecule has 1 fully saturated rings. The van der Waals surface area contributed by atoms with Crippen LogP contribution in [0.1, 0.15) is 22.3 Å². The molecule has 2 heterocycles. The standard InChI is InChI=1S/C11H14N2O3S/c1-7-4-12-5-8(7)9(14)13-11(10(15)16)2-3-17-6-11/h4-5,12H,2-3,6H2,1H3,(H,13,14)(H,15,16). The van der Waals surface area contributed by atoms with Crippen LogP contribution in [0.15, 0.2) is 12.4 Å². The number of H-pyrrole nitrogens is 1. The van der Waals surface area contributed by atoms with Crippen molar-refractivity contribution in [2.75, 3.05) is 11.5 Å². The van der Waals surface area contributed by atoms with Crippen molar-refractivity contribution in [3.63, 3.8) is 0 Å². The van der Waals surface area contributed by atoms with E-state index in [9.17, 15) is 14.7 Å². The number of aromatic amines is 1. The van der Waals surface area contributed by atoms with Crippen molar-refractivity contribution >= 4 is 23.6 Å². The van der Waals surface area contributed by atoms with Gasteiger partial charge in [0.25, 0.3) is 5.91 Å². The highest BCUT2D eigenvalue weighted by Crippen LogP contribution is 2.28. The molecule has 0 spiro atoms. The fourth-order valence-electron chi connectivity index (χ4n) is 1.86. The largest absolute Gasteiger partial charge is 0.479 e. The van der Waals surface area contributed by atoms with E-state index in [0.29, 0.717) is 17.7 Å². The molecule has 1 saturated heterocycles. The van der Waals surface area contributed by atoms with Crippen LogP contribution >= 0.6 is 11.8 Å². The van der Waals surface area contributed by atoms with Gasteiger partial charge in [0, 0.05) is 18.1 Å². The van der Waals surface area contributed by atoms with E-state index in [-0.39, 0.29) is 5.91 Å². The molecule has 1 unspecified atom stereocenters. The number of amides is 1. The average Bonchev–Trinajstić information content (AvgIpc) is 2.87. The zero-order valence-electron chi connectivity index (χ0n) is 9.45. The SMILES string of the molecule is Cc1c[nH]cc1C(=O)NC1(C(=O)O)CCSC1. The Balaban J connectivity index is 2.17. The average molecular weight is 254 g/mol. The first-order valence-electron chi connectivity index (χ1n) is 5.32. The highest BCUT2D eigenvalue weighted by molar-refractivity contribution is 7.99. The van der Waals surface area contributed by atoms with Crippen LogP contribution in [0.3, 0.4) is 0 Å². The van der Waals surface area contributed by atoms with Crippen molar-refractivity contribution in [2.45, 2.75) is 18.9 Å². The maximum Gasteiger partial charge on any atom is 0.330 e. The van der Waals surface area contributed by atoms with Gasteiger partial charge in [0.15, 0.2) is 0 Å². The molecule has 1 aliphatic rings. The number of carbonyl (C=O) groups excluding carboxylic acids is 1. The van der Waals surface area contributed by atoms with Gasteiger partial charge in [-0.2, -0.15) is 11.8 Å². The predicted molar refractivity (Wildman–Crippen MR) is 65.3 cm³/mol. The Hall–Kier alpha value is -1.43. The number of hydrogen-bond acceptors (Lipinski definition) is 3. The number of rotatable bonds is 3. The lowest BCUT2D eigenvalue weighted by molar-refractivity contribution is -0.143. The van der Waals surface area contributed by atoms with E-state index in [2.05, 4.69) is 10.3 Å². The minimum atomic E-state index is -1.11. The van der Waals surface area contributed by atoms with E-state index in [1.807, 2.05) is 6.92 Å². The molecule has 2 rings (SSSR count). The van der Waals surface area contributed by atoms with Gasteiger partial charge in [-0.15, -0.1) is 0 Å². The Morgan fingerprint density at radius 1 is 1.53 bits per heavy atom. The second kappa shape index (κ2) is 4.44. The number of carbonyl (C=O) groups is 2. The summed E-state index contributed by atoms with van der Waals surface area (Å²) in [6.45, 7) is 1.81. The van der Waals surface area contributed by atoms with Crippen LogP contribution < -0.4 is 5.32 Å². The van der Waals surface area contributed by atoms with Crippen LogP contribution in [0.25, 0.3) is 0 Å². The maximum absolute atomic E-state index is 12.0. The molecule has 5 nitrogen and oxygen atoms in total. The zero-order valence-corrected chi connectivity index (χ0v) is 10.3. The Morgan fingerprint density at radius 3 is 2.76 bits per heavy atom. The molecule has 0 bridgehead atoms. The summed E-state index contributed by atoms with van der Waals surface area (Å²) in [6.07, 6.45) is 3.77. The molecule has 1 amide bonds. The molecular formula is C11H14N2O3S. The van der Waals surface area contributed by atoms with E-state index in [0.717, 1.165) is 11.3 Å². The quantitative estimate of drug-likeness (QED) is 0.752. The van der Waals surface area contributed by atoms with Crippen LogP contribution in [-0.4, -0.2) is 39.0 Å². The lowest BCUT2D eigenvalue weighted by Crippen LogP contribution is -2.54. The molecule has 6 heteroatoms. The number of nitrogens with one attached hydrogen (secondary N) is 2. The van der Waals surface area contributed by atoms with E-state index in [1.54, 1.807) is 24.2 Å². The molecule has 92 valence electrons. The number of aromatic nitrogens is 1. The molecule has 1 aromatic heterocycles. The van der Waals surface area contributed by atoms with Crippen LogP contribution in [0, 0.1) is 6.92 Å². The molecule has 17 heavy (non-hydrogen) atoms. The van der Waals surface area contributed by atoms with Gasteiger partial charge in [0.05, 0.1) is 5.56 Å². The van der Waals surface area contributed by atoms with Crippen molar-refractivity contribution in [1.29, 1.82) is 0 Å². The van der Waals surface area contributed by atoms with E-state index >= 15 is 0 Å². The van der Waals surface area contributed by atoms with Crippen LogP contribution in [0.2, 0.25) is 0 Å². The Bertz CT molecular complexity index is 449. The number of carboxylic acids is 1. The lowest BCUT2D eigenvalue weighted by Gasteiger charge is -2.24. The fourth-order valence-corrected chi connectivity index (χ4v) is 3.18. The maximum atomic E-state index is 12.0. The summed E-state index contributed by atoms with van der Waals surface area (Å²) in [5.74, 6) is -0.0892. The molecule has 1 atom stereocenters. The molecular weight excluding hydrogens is 240 g/mol. The molecule has 3 N–H and O–H groups in total. The number of hydrogen-bond donors (Lipinski definition) is 3. The smallest absolute Gasteiger partial charge is 0.330 e. The highest BCUT2D eigenvalue weighted by Gasteiger charge is 2.43. The number of carboxylic acid groups (broad SMARTS) is 1. The van der Waals surface area contributed by atoms with Crippen molar-refractivity contribution in [3.8, 4) is 0 Å². The van der Waals surface area contributed by atoms with Gasteiger partial charge in [-0.25, -0.2) is 4.79 Å². The van der Waals surface area contributed by atoms with Gasteiger partial charge in [-0.3, -0.25) is 4.79 Å². The highest BCUT2D eigenvalue weighted by atomic mass is 32.2. The van der Waals surface area contributed by atoms with Gasteiger partial charge in [0.1, 0.15) is 5.54 Å². The molecule has 1 aromatic rings. The monoisotopic (exact) mass is 254 g/mol. The minimum absolute atomic E-state index is 0.325. The van der Waals surface area contributed by atoms with Crippen molar-refractivity contribution in [1.82, 2.24) is 10.3 Å². The van der Waals surface area contributed by atoms with Crippen molar-refractivity contribution in [3.05, 3.63) is 23.5 Å². The molecule has 1 aliphatic heterocycles. The summed E-state index contributed by atoms with van der Waals surface area (Å²) in [6, 6.07) is 0. The Morgan fingerprint density at radius 2 is 2.29 bits per heavy atom. The van der Waals surface area contributed by atoms with Gasteiger partial charge >= 0.3 is 5.97 Å². The molecule has 0 saturated carbocycles. The Kier molecular flexibility index (Phi) is 3.15. The predicted octanol–water partition coefficient (Wildman–Crippen LogP) is 1.01. The van der Waals surface area contributed by atoms with Crippen LogP contribution in [-0.2, 0) is 4.79 Å². The van der Waals surface area contributed by atoms with Gasteiger partial charge in [0.2, 0.25) is 0 Å². The first-order valence-corrected chi connectivity index (χ1v) is 6.48. The van der Waals surface area contributed by atoms with Crippen molar-refractivity contribution < 1.29 is 14.7 Å². The topological polar surface area (TPSA) is 82.2 Å². The van der Waals surface area contributed by atoms with Crippen molar-refractivity contribution in [2.24, 2.45) is 0 Å². The summed E-state index contributed by atoms with van der Waals surface area (Å²) < 4.78 is 0. The van der Waals surface area contributed by atoms with E-state index in [1.165, 1.54) is 0 Å².